The molecule has 5 heteroatoms. The first-order valence-electron chi connectivity index (χ1n) is 7.42. The average Bonchev–Trinajstić information content (AvgIpc) is 2.82. The van der Waals surface area contributed by atoms with Crippen LogP contribution in [0.4, 0.5) is 0 Å². The maximum Gasteiger partial charge on any atom is 0.251 e. The predicted molar refractivity (Wildman–Crippen MR) is 94.0 cm³/mol. The molecular weight excluding hydrogens is 326 g/mol. The van der Waals surface area contributed by atoms with E-state index in [4.69, 9.17) is 21.1 Å². The van der Waals surface area contributed by atoms with E-state index in [-0.39, 0.29) is 5.91 Å². The molecule has 1 amide bonds. The van der Waals surface area contributed by atoms with Crippen molar-refractivity contribution >= 4 is 23.6 Å². The van der Waals surface area contributed by atoms with Gasteiger partial charge in [-0.2, -0.15) is 0 Å². The van der Waals surface area contributed by atoms with Gasteiger partial charge in [0, 0.05) is 22.7 Å². The monoisotopic (exact) mass is 341 g/mol. The van der Waals surface area contributed by atoms with Crippen LogP contribution in [-0.4, -0.2) is 13.0 Å². The fraction of sp³-hybridized carbons (Fsp3) is 0.105. The Hall–Kier alpha value is -2.72. The van der Waals surface area contributed by atoms with Crippen LogP contribution in [0, 0.1) is 0 Å². The highest BCUT2D eigenvalue weighted by molar-refractivity contribution is 6.31. The molecule has 1 aliphatic rings. The van der Waals surface area contributed by atoms with Crippen LogP contribution in [0.5, 0.6) is 11.5 Å². The van der Waals surface area contributed by atoms with Gasteiger partial charge in [-0.15, -0.1) is 0 Å². The van der Waals surface area contributed by atoms with Crippen LogP contribution in [0.2, 0.25) is 5.02 Å². The molecule has 1 aliphatic heterocycles. The number of rotatable bonds is 4. The minimum Gasteiger partial charge on any atom is -0.497 e. The summed E-state index contributed by atoms with van der Waals surface area (Å²) in [4.78, 5) is 12.4. The zero-order chi connectivity index (χ0) is 16.9. The first-order valence-corrected chi connectivity index (χ1v) is 7.80. The quantitative estimate of drug-likeness (QED) is 0.915. The lowest BCUT2D eigenvalue weighted by molar-refractivity contribution is -0.117. The smallest absolute Gasteiger partial charge is 0.251 e. The molecule has 0 radical (unpaired) electrons. The van der Waals surface area contributed by atoms with Crippen molar-refractivity contribution in [2.75, 3.05) is 7.11 Å². The molecule has 0 aromatic heterocycles. The van der Waals surface area contributed by atoms with Gasteiger partial charge in [0.1, 0.15) is 11.5 Å². The third-order valence-electron chi connectivity index (χ3n) is 3.63. The molecule has 0 aliphatic carbocycles. The normalized spacial score (nSPS) is 12.5. The lowest BCUT2D eigenvalue weighted by atomic mass is 10.1. The number of hydrogen-bond acceptors (Lipinski definition) is 3. The van der Waals surface area contributed by atoms with E-state index in [9.17, 15) is 4.79 Å². The van der Waals surface area contributed by atoms with Crippen LogP contribution in [0.1, 0.15) is 11.1 Å². The zero-order valence-electron chi connectivity index (χ0n) is 13.1. The summed E-state index contributed by atoms with van der Waals surface area (Å²) in [5.74, 6) is 1.16. The van der Waals surface area contributed by atoms with E-state index in [1.54, 1.807) is 31.4 Å². The second-order valence-corrected chi connectivity index (χ2v) is 5.61. The van der Waals surface area contributed by atoms with E-state index in [1.807, 2.05) is 30.3 Å². The van der Waals surface area contributed by atoms with Crippen LogP contribution >= 0.6 is 11.6 Å². The molecule has 1 N–H and O–H groups in total. The number of methoxy groups -OCH3 is 1. The van der Waals surface area contributed by atoms with Gasteiger partial charge in [-0.3, -0.25) is 4.79 Å². The van der Waals surface area contributed by atoms with E-state index in [1.165, 1.54) is 6.26 Å². The number of benzene rings is 2. The Bertz CT molecular complexity index is 827. The number of amides is 1. The number of hydrogen-bond donors (Lipinski definition) is 1. The van der Waals surface area contributed by atoms with E-state index in [0.717, 1.165) is 11.1 Å². The molecule has 0 bridgehead atoms. The Kier molecular flexibility index (Phi) is 4.87. The number of carbonyl (C=O) groups excluding carboxylic acids is 1. The summed E-state index contributed by atoms with van der Waals surface area (Å²) < 4.78 is 10.7. The van der Waals surface area contributed by atoms with Gasteiger partial charge in [0.25, 0.3) is 5.91 Å². The third kappa shape index (κ3) is 3.60. The van der Waals surface area contributed by atoms with Crippen molar-refractivity contribution in [3.05, 3.63) is 76.5 Å². The molecular formula is C19H16ClNO3. The Balaban J connectivity index is 1.78. The summed E-state index contributed by atoms with van der Waals surface area (Å²) in [6.07, 6.45) is 4.90. The molecule has 0 saturated carbocycles. The molecule has 0 saturated heterocycles. The Labute approximate surface area is 145 Å². The molecule has 0 unspecified atom stereocenters. The zero-order valence-corrected chi connectivity index (χ0v) is 13.8. The highest BCUT2D eigenvalue weighted by Gasteiger charge is 2.13. The molecule has 0 fully saturated rings. The van der Waals surface area contributed by atoms with E-state index < -0.39 is 0 Å². The van der Waals surface area contributed by atoms with E-state index in [0.29, 0.717) is 28.6 Å². The summed E-state index contributed by atoms with van der Waals surface area (Å²) in [5.41, 5.74) is 2.14. The van der Waals surface area contributed by atoms with Crippen LogP contribution in [0.25, 0.3) is 6.08 Å². The van der Waals surface area contributed by atoms with Crippen molar-refractivity contribution in [2.45, 2.75) is 6.54 Å². The largest absolute Gasteiger partial charge is 0.497 e. The molecule has 2 aromatic rings. The molecule has 122 valence electrons. The number of nitrogens with one attached hydrogen (secondary N) is 1. The van der Waals surface area contributed by atoms with Gasteiger partial charge in [0.2, 0.25) is 0 Å². The Morgan fingerprint density at radius 1 is 1.25 bits per heavy atom. The maximum absolute atomic E-state index is 12.4. The molecule has 0 atom stereocenters. The predicted octanol–water partition coefficient (Wildman–Crippen LogP) is 3.95. The minimum absolute atomic E-state index is 0.203. The SMILES string of the molecule is COc1ccc2c(c1)C=C(C(=O)NCc1ccccc1Cl)C=CO2. The molecule has 4 nitrogen and oxygen atoms in total. The topological polar surface area (TPSA) is 47.6 Å². The highest BCUT2D eigenvalue weighted by Crippen LogP contribution is 2.28. The molecule has 24 heavy (non-hydrogen) atoms. The molecule has 1 heterocycles. The Morgan fingerprint density at radius 2 is 2.08 bits per heavy atom. The molecule has 3 rings (SSSR count). The van der Waals surface area contributed by atoms with Gasteiger partial charge in [-0.05, 0) is 42.0 Å². The summed E-state index contributed by atoms with van der Waals surface area (Å²) in [6.45, 7) is 0.357. The fourth-order valence-corrected chi connectivity index (χ4v) is 2.53. The minimum atomic E-state index is -0.203. The Morgan fingerprint density at radius 3 is 2.88 bits per heavy atom. The van der Waals surface area contributed by atoms with Gasteiger partial charge in [0.05, 0.1) is 13.4 Å². The van der Waals surface area contributed by atoms with Crippen LogP contribution < -0.4 is 14.8 Å². The van der Waals surface area contributed by atoms with Gasteiger partial charge >= 0.3 is 0 Å². The van der Waals surface area contributed by atoms with Crippen molar-refractivity contribution < 1.29 is 14.3 Å². The summed E-state index contributed by atoms with van der Waals surface area (Å²) in [7, 11) is 1.60. The van der Waals surface area contributed by atoms with Crippen molar-refractivity contribution in [3.63, 3.8) is 0 Å². The standard InChI is InChI=1S/C19H16ClNO3/c1-23-16-6-7-18-15(11-16)10-13(8-9-24-18)19(22)21-12-14-4-2-3-5-17(14)20/h2-11H,12H2,1H3,(H,21,22). The summed E-state index contributed by atoms with van der Waals surface area (Å²) in [5, 5.41) is 3.49. The number of fused-ring (bicyclic) bond motifs is 1. The van der Waals surface area contributed by atoms with Crippen molar-refractivity contribution in [1.29, 1.82) is 0 Å². The lowest BCUT2D eigenvalue weighted by Gasteiger charge is -2.08. The van der Waals surface area contributed by atoms with Gasteiger partial charge in [-0.25, -0.2) is 0 Å². The first kappa shape index (κ1) is 16.1. The van der Waals surface area contributed by atoms with Gasteiger partial charge in [-0.1, -0.05) is 29.8 Å². The fourth-order valence-electron chi connectivity index (χ4n) is 2.33. The second kappa shape index (κ2) is 7.23. The van der Waals surface area contributed by atoms with Gasteiger partial charge in [0.15, 0.2) is 0 Å². The van der Waals surface area contributed by atoms with E-state index >= 15 is 0 Å². The molecule has 0 spiro atoms. The van der Waals surface area contributed by atoms with Crippen molar-refractivity contribution in [1.82, 2.24) is 5.32 Å². The van der Waals surface area contributed by atoms with Crippen LogP contribution in [0.3, 0.4) is 0 Å². The van der Waals surface area contributed by atoms with Crippen molar-refractivity contribution in [2.24, 2.45) is 0 Å². The summed E-state index contributed by atoms with van der Waals surface area (Å²) in [6, 6.07) is 12.8. The molecule has 2 aromatic carbocycles. The lowest BCUT2D eigenvalue weighted by Crippen LogP contribution is -2.23. The number of halogens is 1. The average molecular weight is 342 g/mol. The van der Waals surface area contributed by atoms with Crippen LogP contribution in [0.15, 0.2) is 60.4 Å². The van der Waals surface area contributed by atoms with E-state index in [2.05, 4.69) is 5.32 Å². The van der Waals surface area contributed by atoms with Crippen molar-refractivity contribution in [3.8, 4) is 11.5 Å². The second-order valence-electron chi connectivity index (χ2n) is 5.20. The summed E-state index contributed by atoms with van der Waals surface area (Å²) >= 11 is 6.11. The van der Waals surface area contributed by atoms with Gasteiger partial charge < -0.3 is 14.8 Å². The van der Waals surface area contributed by atoms with Crippen LogP contribution in [-0.2, 0) is 11.3 Å². The maximum atomic E-state index is 12.4. The third-order valence-corrected chi connectivity index (χ3v) is 4.00. The number of carbonyl (C=O) groups is 1. The highest BCUT2D eigenvalue weighted by atomic mass is 35.5. The first-order chi connectivity index (χ1) is 11.7. The number of ether oxygens (including phenoxy) is 2.